The number of hydrogen-bond acceptors (Lipinski definition) is 5. The van der Waals surface area contributed by atoms with Gasteiger partial charge in [0.25, 0.3) is 0 Å². The van der Waals surface area contributed by atoms with Crippen molar-refractivity contribution in [3.05, 3.63) is 27.7 Å². The number of phenols is 1. The predicted molar refractivity (Wildman–Crippen MR) is 71.3 cm³/mol. The summed E-state index contributed by atoms with van der Waals surface area (Å²) >= 11 is 2.84. The molecule has 21 heavy (non-hydrogen) atoms. The van der Waals surface area contributed by atoms with Gasteiger partial charge in [0.1, 0.15) is 11.8 Å². The van der Waals surface area contributed by atoms with Gasteiger partial charge in [-0.2, -0.15) is 8.78 Å². The minimum atomic E-state index is -4.12. The summed E-state index contributed by atoms with van der Waals surface area (Å²) in [6.45, 7) is 1.07. The third-order valence-corrected chi connectivity index (χ3v) is 3.22. The minimum absolute atomic E-state index is 0.132. The molecule has 1 aromatic rings. The predicted octanol–water partition coefficient (Wildman–Crippen LogP) is 2.05. The molecule has 4 N–H and O–H groups in total. The van der Waals surface area contributed by atoms with Crippen molar-refractivity contribution in [2.45, 2.75) is 18.9 Å². The molecule has 9 heteroatoms. The van der Waals surface area contributed by atoms with Crippen LogP contribution in [-0.4, -0.2) is 34.7 Å². The third kappa shape index (κ3) is 3.48. The van der Waals surface area contributed by atoms with Crippen LogP contribution in [0.3, 0.4) is 0 Å². The number of carbonyl (C=O) groups is 2. The fourth-order valence-corrected chi connectivity index (χ4v) is 2.01. The number of phenolic OH excluding ortho intramolecular Hbond substituents is 1. The second-order valence-corrected chi connectivity index (χ2v) is 4.88. The van der Waals surface area contributed by atoms with Crippen LogP contribution < -0.4 is 5.73 Å². The van der Waals surface area contributed by atoms with E-state index in [9.17, 15) is 23.5 Å². The number of alkyl halides is 2. The fraction of sp³-hybridized carbons (Fsp3) is 0.333. The summed E-state index contributed by atoms with van der Waals surface area (Å²) in [5.74, 6) is -8.04. The van der Waals surface area contributed by atoms with E-state index in [4.69, 9.17) is 10.8 Å². The van der Waals surface area contributed by atoms with E-state index in [1.165, 1.54) is 6.92 Å². The SMILES string of the molecule is CCOC(=O)C(F)(F)[C@H](N)c1cc(C(=O)O)cc(Br)c1O. The van der Waals surface area contributed by atoms with Crippen molar-refractivity contribution < 1.29 is 33.3 Å². The van der Waals surface area contributed by atoms with Crippen LogP contribution in [0.25, 0.3) is 0 Å². The Kier molecular flexibility index (Phi) is 5.24. The maximum Gasteiger partial charge on any atom is 0.379 e. The van der Waals surface area contributed by atoms with Crippen LogP contribution in [0, 0.1) is 0 Å². The first-order chi connectivity index (χ1) is 9.62. The number of carboxylic acids is 1. The molecule has 116 valence electrons. The Balaban J connectivity index is 3.32. The average molecular weight is 368 g/mol. The number of esters is 1. The average Bonchev–Trinajstić information content (AvgIpc) is 2.40. The van der Waals surface area contributed by atoms with Gasteiger partial charge in [0, 0.05) is 5.56 Å². The highest BCUT2D eigenvalue weighted by molar-refractivity contribution is 9.10. The highest BCUT2D eigenvalue weighted by Gasteiger charge is 2.49. The van der Waals surface area contributed by atoms with Gasteiger partial charge in [-0.05, 0) is 35.0 Å². The Labute approximate surface area is 126 Å². The van der Waals surface area contributed by atoms with Gasteiger partial charge in [-0.1, -0.05) is 0 Å². The molecule has 6 nitrogen and oxygen atoms in total. The molecule has 0 saturated heterocycles. The Hall–Kier alpha value is -1.74. The van der Waals surface area contributed by atoms with Crippen LogP contribution in [-0.2, 0) is 9.53 Å². The number of benzene rings is 1. The van der Waals surface area contributed by atoms with Gasteiger partial charge in [-0.15, -0.1) is 0 Å². The lowest BCUT2D eigenvalue weighted by atomic mass is 9.98. The Bertz CT molecular complexity index is 579. The molecule has 1 atom stereocenters. The zero-order chi connectivity index (χ0) is 16.4. The molecule has 1 rings (SSSR count). The number of carbonyl (C=O) groups excluding carboxylic acids is 1. The normalized spacial score (nSPS) is 12.8. The zero-order valence-electron chi connectivity index (χ0n) is 10.8. The van der Waals surface area contributed by atoms with E-state index in [1.807, 2.05) is 0 Å². The summed E-state index contributed by atoms with van der Waals surface area (Å²) in [6.07, 6.45) is 0. The standard InChI is InChI=1S/C12H12BrF2NO5/c1-2-21-11(20)12(14,15)9(16)6-3-5(10(18)19)4-7(13)8(6)17/h3-4,9,17H,2,16H2,1H3,(H,18,19)/t9-/m1/s1. The van der Waals surface area contributed by atoms with E-state index in [2.05, 4.69) is 20.7 Å². The minimum Gasteiger partial charge on any atom is -0.506 e. The first-order valence-corrected chi connectivity index (χ1v) is 6.48. The largest absolute Gasteiger partial charge is 0.506 e. The summed E-state index contributed by atoms with van der Waals surface area (Å²) in [6, 6.07) is -0.455. The Morgan fingerprint density at radius 3 is 2.52 bits per heavy atom. The van der Waals surface area contributed by atoms with E-state index in [-0.39, 0.29) is 16.6 Å². The Morgan fingerprint density at radius 2 is 2.05 bits per heavy atom. The van der Waals surface area contributed by atoms with Crippen molar-refractivity contribution in [3.63, 3.8) is 0 Å². The topological polar surface area (TPSA) is 110 Å². The number of halogens is 3. The molecular formula is C12H12BrF2NO5. The van der Waals surface area contributed by atoms with Crippen LogP contribution in [0.15, 0.2) is 16.6 Å². The summed E-state index contributed by atoms with van der Waals surface area (Å²) in [4.78, 5) is 22.1. The van der Waals surface area contributed by atoms with Crippen molar-refractivity contribution in [1.82, 2.24) is 0 Å². The highest BCUT2D eigenvalue weighted by atomic mass is 79.9. The number of ether oxygens (including phenoxy) is 1. The second kappa shape index (κ2) is 6.35. The first kappa shape index (κ1) is 17.3. The van der Waals surface area contributed by atoms with Gasteiger partial charge in [-0.3, -0.25) is 0 Å². The van der Waals surface area contributed by atoms with E-state index >= 15 is 0 Å². The van der Waals surface area contributed by atoms with E-state index in [1.54, 1.807) is 0 Å². The molecule has 0 heterocycles. The van der Waals surface area contributed by atoms with E-state index in [0.29, 0.717) is 0 Å². The van der Waals surface area contributed by atoms with Gasteiger partial charge in [-0.25, -0.2) is 9.59 Å². The van der Waals surface area contributed by atoms with Gasteiger partial charge in [0.05, 0.1) is 16.6 Å². The number of carboxylic acid groups (broad SMARTS) is 1. The van der Waals surface area contributed by atoms with Crippen LogP contribution in [0.2, 0.25) is 0 Å². The van der Waals surface area contributed by atoms with Gasteiger partial charge in [0.15, 0.2) is 0 Å². The summed E-state index contributed by atoms with van der Waals surface area (Å²) in [5.41, 5.74) is 4.36. The van der Waals surface area contributed by atoms with E-state index in [0.717, 1.165) is 12.1 Å². The van der Waals surface area contributed by atoms with Crippen LogP contribution in [0.5, 0.6) is 5.75 Å². The molecule has 0 radical (unpaired) electrons. The molecule has 0 amide bonds. The second-order valence-electron chi connectivity index (χ2n) is 4.02. The van der Waals surface area contributed by atoms with Crippen molar-refractivity contribution in [3.8, 4) is 5.75 Å². The van der Waals surface area contributed by atoms with E-state index < -0.39 is 35.2 Å². The summed E-state index contributed by atoms with van der Waals surface area (Å²) in [5, 5.41) is 18.6. The van der Waals surface area contributed by atoms with Gasteiger partial charge >= 0.3 is 17.9 Å². The van der Waals surface area contributed by atoms with Crippen LogP contribution >= 0.6 is 15.9 Å². The zero-order valence-corrected chi connectivity index (χ0v) is 12.4. The smallest absolute Gasteiger partial charge is 0.379 e. The van der Waals surface area contributed by atoms with Crippen LogP contribution in [0.1, 0.15) is 28.9 Å². The van der Waals surface area contributed by atoms with Crippen molar-refractivity contribution in [1.29, 1.82) is 0 Å². The van der Waals surface area contributed by atoms with Crippen molar-refractivity contribution in [2.75, 3.05) is 6.61 Å². The van der Waals surface area contributed by atoms with Crippen molar-refractivity contribution >= 4 is 27.9 Å². The maximum absolute atomic E-state index is 13.9. The molecule has 0 aromatic heterocycles. The molecular weight excluding hydrogens is 356 g/mol. The molecule has 0 aliphatic rings. The number of hydrogen-bond donors (Lipinski definition) is 3. The fourth-order valence-electron chi connectivity index (χ4n) is 1.53. The molecule has 0 unspecified atom stereocenters. The molecule has 0 spiro atoms. The number of aromatic hydroxyl groups is 1. The third-order valence-electron chi connectivity index (χ3n) is 2.61. The Morgan fingerprint density at radius 1 is 1.48 bits per heavy atom. The molecule has 1 aromatic carbocycles. The number of aromatic carboxylic acids is 1. The lowest BCUT2D eigenvalue weighted by Crippen LogP contribution is -2.41. The molecule has 0 saturated carbocycles. The molecule has 0 aliphatic heterocycles. The maximum atomic E-state index is 13.9. The van der Waals surface area contributed by atoms with Crippen LogP contribution in [0.4, 0.5) is 8.78 Å². The monoisotopic (exact) mass is 367 g/mol. The highest BCUT2D eigenvalue weighted by Crippen LogP contribution is 2.39. The summed E-state index contributed by atoms with van der Waals surface area (Å²) in [7, 11) is 0. The lowest BCUT2D eigenvalue weighted by Gasteiger charge is -2.23. The summed E-state index contributed by atoms with van der Waals surface area (Å²) < 4.78 is 31.8. The molecule has 0 fully saturated rings. The lowest BCUT2D eigenvalue weighted by molar-refractivity contribution is -0.174. The first-order valence-electron chi connectivity index (χ1n) is 5.69. The molecule has 0 bridgehead atoms. The van der Waals surface area contributed by atoms with Gasteiger partial charge < -0.3 is 20.7 Å². The van der Waals surface area contributed by atoms with Crippen molar-refractivity contribution in [2.24, 2.45) is 5.73 Å². The number of nitrogens with two attached hydrogens (primary N) is 1. The van der Waals surface area contributed by atoms with Gasteiger partial charge in [0.2, 0.25) is 0 Å². The molecule has 0 aliphatic carbocycles. The quantitative estimate of drug-likeness (QED) is 0.687. The number of rotatable bonds is 5.